The normalized spacial score (nSPS) is 17.4. The van der Waals surface area contributed by atoms with E-state index >= 15 is 0 Å². The van der Waals surface area contributed by atoms with E-state index in [0.717, 1.165) is 0 Å². The van der Waals surface area contributed by atoms with Gasteiger partial charge in [-0.25, -0.2) is 14.4 Å². The molecule has 0 radical (unpaired) electrons. The maximum absolute atomic E-state index is 14.4. The Morgan fingerprint density at radius 1 is 1.31 bits per heavy atom. The van der Waals surface area contributed by atoms with Gasteiger partial charge >= 0.3 is 0 Å². The molecule has 0 saturated carbocycles. The number of fused-ring (bicyclic) bond motifs is 1. The van der Waals surface area contributed by atoms with Gasteiger partial charge in [-0.05, 0) is 32.3 Å². The lowest BCUT2D eigenvalue weighted by molar-refractivity contribution is 0.181. The smallest absolute Gasteiger partial charge is 0.165 e. The van der Waals surface area contributed by atoms with E-state index in [2.05, 4.69) is 25.5 Å². The summed E-state index contributed by atoms with van der Waals surface area (Å²) in [5.74, 6) is 0.938. The molecule has 1 fully saturated rings. The Kier molecular flexibility index (Phi) is 9.39. The average Bonchev–Trinajstić information content (AvgIpc) is 3.21. The summed E-state index contributed by atoms with van der Waals surface area (Å²) in [6.45, 7) is 1.22. The maximum atomic E-state index is 14.4. The standard InChI is InChI=1S/C21H22ClFN4O3.C3H6N2/c1-27-9-13(6-12(27)10-28)30-19-7-14-17(8-18(19)29-2)24-11-25-21(14)26-16-5-3-4-15(22)20(16)23;1-5-3-2-4/h3-5,7-8,11-13,28H,6,9-10H2,1-2H3,(H,24,25,26);5H,3H2,1H3/t12-,13?;/m0./s1. The van der Waals surface area contributed by atoms with Crippen LogP contribution in [0.2, 0.25) is 5.02 Å². The molecule has 4 rings (SSSR count). The topological polar surface area (TPSA) is 116 Å². The van der Waals surface area contributed by atoms with Gasteiger partial charge in [0.25, 0.3) is 0 Å². The molecule has 0 aliphatic carbocycles. The van der Waals surface area contributed by atoms with Crippen molar-refractivity contribution in [1.29, 1.82) is 5.26 Å². The minimum atomic E-state index is -0.556. The van der Waals surface area contributed by atoms with Crippen molar-refractivity contribution in [2.24, 2.45) is 0 Å². The van der Waals surface area contributed by atoms with Crippen LogP contribution in [0.25, 0.3) is 10.9 Å². The number of nitrogens with one attached hydrogen (secondary N) is 2. The Hall–Kier alpha value is -3.23. The Bertz CT molecular complexity index is 1190. The molecule has 1 aliphatic heterocycles. The molecule has 1 aromatic heterocycles. The zero-order valence-corrected chi connectivity index (χ0v) is 20.5. The minimum Gasteiger partial charge on any atom is -0.493 e. The zero-order valence-electron chi connectivity index (χ0n) is 19.8. The first-order chi connectivity index (χ1) is 16.9. The number of hydrogen-bond acceptors (Lipinski definition) is 9. The van der Waals surface area contributed by atoms with Gasteiger partial charge in [0.2, 0.25) is 0 Å². The van der Waals surface area contributed by atoms with Gasteiger partial charge in [-0.1, -0.05) is 17.7 Å². The van der Waals surface area contributed by atoms with Crippen molar-refractivity contribution in [3.63, 3.8) is 0 Å². The number of aliphatic hydroxyl groups excluding tert-OH is 1. The number of nitrogens with zero attached hydrogens (tertiary/aromatic N) is 4. The third-order valence-electron chi connectivity index (χ3n) is 5.54. The van der Waals surface area contributed by atoms with Crippen LogP contribution in [0.1, 0.15) is 6.42 Å². The summed E-state index contributed by atoms with van der Waals surface area (Å²) in [5, 5.41) is 23.6. The number of benzene rings is 2. The second-order valence-corrected chi connectivity index (χ2v) is 8.32. The van der Waals surface area contributed by atoms with Crippen molar-refractivity contribution in [2.75, 3.05) is 46.2 Å². The highest BCUT2D eigenvalue weighted by Crippen LogP contribution is 2.37. The number of ether oxygens (including phenoxy) is 2. The summed E-state index contributed by atoms with van der Waals surface area (Å²) < 4.78 is 26.0. The highest BCUT2D eigenvalue weighted by Gasteiger charge is 2.31. The average molecular weight is 503 g/mol. The molecular weight excluding hydrogens is 475 g/mol. The lowest BCUT2D eigenvalue weighted by Crippen LogP contribution is -2.28. The summed E-state index contributed by atoms with van der Waals surface area (Å²) in [4.78, 5) is 10.6. The number of anilines is 2. The van der Waals surface area contributed by atoms with E-state index in [0.29, 0.717) is 47.7 Å². The highest BCUT2D eigenvalue weighted by atomic mass is 35.5. The molecular formula is C24H28ClFN6O3. The van der Waals surface area contributed by atoms with Crippen molar-refractivity contribution in [1.82, 2.24) is 20.2 Å². The van der Waals surface area contributed by atoms with Crippen molar-refractivity contribution >= 4 is 34.0 Å². The first kappa shape index (κ1) is 26.4. The number of likely N-dealkylation sites (tertiary alicyclic amines) is 1. The van der Waals surface area contributed by atoms with Crippen LogP contribution in [0, 0.1) is 17.1 Å². The SMILES string of the molecule is CNCC#N.COc1cc2ncnc(Nc3cccc(Cl)c3F)c2cc1OC1C[C@@H](CO)N(C)C1. The van der Waals surface area contributed by atoms with Gasteiger partial charge in [0.05, 0.1) is 42.6 Å². The molecule has 2 aromatic carbocycles. The fourth-order valence-corrected chi connectivity index (χ4v) is 3.90. The first-order valence-corrected chi connectivity index (χ1v) is 11.3. The molecule has 186 valence electrons. The van der Waals surface area contributed by atoms with Crippen LogP contribution < -0.4 is 20.1 Å². The van der Waals surface area contributed by atoms with Crippen molar-refractivity contribution in [3.8, 4) is 17.6 Å². The highest BCUT2D eigenvalue weighted by molar-refractivity contribution is 6.31. The molecule has 1 saturated heterocycles. The lowest BCUT2D eigenvalue weighted by atomic mass is 10.2. The van der Waals surface area contributed by atoms with Crippen LogP contribution in [-0.2, 0) is 0 Å². The van der Waals surface area contributed by atoms with E-state index in [1.54, 1.807) is 38.4 Å². The van der Waals surface area contributed by atoms with Gasteiger partial charge in [-0.2, -0.15) is 5.26 Å². The van der Waals surface area contributed by atoms with Gasteiger partial charge in [-0.15, -0.1) is 0 Å². The van der Waals surface area contributed by atoms with Crippen LogP contribution in [0.4, 0.5) is 15.9 Å². The number of hydrogen-bond donors (Lipinski definition) is 3. The molecule has 35 heavy (non-hydrogen) atoms. The second-order valence-electron chi connectivity index (χ2n) is 7.91. The first-order valence-electron chi connectivity index (χ1n) is 10.9. The summed E-state index contributed by atoms with van der Waals surface area (Å²) >= 11 is 5.89. The molecule has 2 atom stereocenters. The number of methoxy groups -OCH3 is 1. The quantitative estimate of drug-likeness (QED) is 0.418. The van der Waals surface area contributed by atoms with Gasteiger partial charge in [0.15, 0.2) is 17.3 Å². The number of rotatable bonds is 7. The van der Waals surface area contributed by atoms with E-state index in [4.69, 9.17) is 26.3 Å². The number of aromatic nitrogens is 2. The Morgan fingerprint density at radius 2 is 2.11 bits per heavy atom. The molecule has 0 amide bonds. The van der Waals surface area contributed by atoms with Crippen LogP contribution >= 0.6 is 11.6 Å². The summed E-state index contributed by atoms with van der Waals surface area (Å²) in [6.07, 6.45) is 2.01. The van der Waals surface area contributed by atoms with Crippen LogP contribution in [0.5, 0.6) is 11.5 Å². The van der Waals surface area contributed by atoms with Crippen molar-refractivity contribution < 1.29 is 19.0 Å². The Balaban J connectivity index is 0.000000623. The minimum absolute atomic E-state index is 0.0212. The van der Waals surface area contributed by atoms with Gasteiger partial charge in [-0.3, -0.25) is 4.90 Å². The van der Waals surface area contributed by atoms with Gasteiger partial charge in [0, 0.05) is 30.5 Å². The Morgan fingerprint density at radius 3 is 2.74 bits per heavy atom. The number of likely N-dealkylation sites (N-methyl/N-ethyl adjacent to an activating group) is 1. The molecule has 3 N–H and O–H groups in total. The van der Waals surface area contributed by atoms with Crippen molar-refractivity contribution in [2.45, 2.75) is 18.6 Å². The fraction of sp³-hybridized carbons (Fsp3) is 0.375. The molecule has 9 nitrogen and oxygen atoms in total. The van der Waals surface area contributed by atoms with Crippen LogP contribution in [0.3, 0.4) is 0 Å². The van der Waals surface area contributed by atoms with E-state index in [1.165, 1.54) is 12.4 Å². The molecule has 0 spiro atoms. The summed E-state index contributed by atoms with van der Waals surface area (Å²) in [6, 6.07) is 10.2. The third kappa shape index (κ3) is 6.46. The number of nitriles is 1. The van der Waals surface area contributed by atoms with E-state index in [9.17, 15) is 9.50 Å². The van der Waals surface area contributed by atoms with Crippen molar-refractivity contribution in [3.05, 3.63) is 47.5 Å². The molecule has 3 aromatic rings. The summed E-state index contributed by atoms with van der Waals surface area (Å²) in [7, 11) is 5.26. The predicted molar refractivity (Wildman–Crippen MR) is 133 cm³/mol. The van der Waals surface area contributed by atoms with Crippen LogP contribution in [-0.4, -0.2) is 73.0 Å². The number of aliphatic hydroxyl groups is 1. The molecule has 11 heteroatoms. The van der Waals surface area contributed by atoms with E-state index in [1.807, 2.05) is 13.1 Å². The zero-order chi connectivity index (χ0) is 25.4. The summed E-state index contributed by atoms with van der Waals surface area (Å²) in [5.41, 5.74) is 0.833. The van der Waals surface area contributed by atoms with Crippen LogP contribution in [0.15, 0.2) is 36.7 Å². The lowest BCUT2D eigenvalue weighted by Gasteiger charge is -2.17. The largest absolute Gasteiger partial charge is 0.493 e. The fourth-order valence-electron chi connectivity index (χ4n) is 3.73. The Labute approximate surface area is 208 Å². The predicted octanol–water partition coefficient (Wildman–Crippen LogP) is 3.35. The molecule has 1 unspecified atom stereocenters. The molecule has 2 heterocycles. The molecule has 1 aliphatic rings. The van der Waals surface area contributed by atoms with Gasteiger partial charge in [0.1, 0.15) is 18.2 Å². The monoisotopic (exact) mass is 502 g/mol. The maximum Gasteiger partial charge on any atom is 0.165 e. The number of halogens is 2. The van der Waals surface area contributed by atoms with E-state index in [-0.39, 0.29) is 29.5 Å². The second kappa shape index (κ2) is 12.5. The third-order valence-corrected chi connectivity index (χ3v) is 5.83. The van der Waals surface area contributed by atoms with E-state index < -0.39 is 5.82 Å². The molecule has 0 bridgehead atoms. The van der Waals surface area contributed by atoms with Gasteiger partial charge < -0.3 is 25.2 Å².